The van der Waals surface area contributed by atoms with Crippen LogP contribution in [0.25, 0.3) is 0 Å². The van der Waals surface area contributed by atoms with Gasteiger partial charge in [-0.2, -0.15) is 0 Å². The van der Waals surface area contributed by atoms with Crippen LogP contribution in [0.15, 0.2) is 23.0 Å². The molecule has 2 aliphatic carbocycles. The molecule has 0 spiro atoms. The van der Waals surface area contributed by atoms with E-state index in [2.05, 4.69) is 10.2 Å². The average Bonchev–Trinajstić information content (AvgIpc) is 3.02. The van der Waals surface area contributed by atoms with E-state index in [1.54, 1.807) is 12.5 Å². The van der Waals surface area contributed by atoms with Crippen molar-refractivity contribution in [3.05, 3.63) is 24.2 Å². The van der Waals surface area contributed by atoms with E-state index in [1.807, 2.05) is 6.07 Å². The van der Waals surface area contributed by atoms with Crippen molar-refractivity contribution in [3.8, 4) is 0 Å². The number of hydrogen-bond acceptors (Lipinski definition) is 4. The lowest BCUT2D eigenvalue weighted by Crippen LogP contribution is -2.47. The molecule has 3 aliphatic rings. The largest absolute Gasteiger partial charge is 0.472 e. The van der Waals surface area contributed by atoms with Gasteiger partial charge in [0, 0.05) is 37.2 Å². The van der Waals surface area contributed by atoms with Gasteiger partial charge in [-0.1, -0.05) is 0 Å². The molecule has 1 N–H and O–H groups in total. The first-order chi connectivity index (χ1) is 10.8. The lowest BCUT2D eigenvalue weighted by molar-refractivity contribution is -0.125. The summed E-state index contributed by atoms with van der Waals surface area (Å²) < 4.78 is 11.1. The van der Waals surface area contributed by atoms with Crippen LogP contribution in [0.1, 0.15) is 31.2 Å². The monoisotopic (exact) mass is 304 g/mol. The Morgan fingerprint density at radius 1 is 1.36 bits per heavy atom. The molecule has 5 nitrogen and oxygen atoms in total. The van der Waals surface area contributed by atoms with E-state index >= 15 is 0 Å². The highest BCUT2D eigenvalue weighted by Crippen LogP contribution is 2.35. The third kappa shape index (κ3) is 3.06. The van der Waals surface area contributed by atoms with E-state index < -0.39 is 0 Å². The molecule has 0 aromatic carbocycles. The van der Waals surface area contributed by atoms with Gasteiger partial charge in [0.15, 0.2) is 0 Å². The molecule has 0 unspecified atom stereocenters. The highest BCUT2D eigenvalue weighted by molar-refractivity contribution is 5.79. The van der Waals surface area contributed by atoms with Gasteiger partial charge < -0.3 is 14.5 Å². The van der Waals surface area contributed by atoms with Gasteiger partial charge in [-0.15, -0.1) is 0 Å². The number of carbonyl (C=O) groups is 1. The van der Waals surface area contributed by atoms with Gasteiger partial charge in [-0.3, -0.25) is 9.69 Å². The van der Waals surface area contributed by atoms with Crippen molar-refractivity contribution >= 4 is 5.91 Å². The van der Waals surface area contributed by atoms with Crippen LogP contribution in [0.3, 0.4) is 0 Å². The fourth-order valence-electron chi connectivity index (χ4n) is 3.77. The van der Waals surface area contributed by atoms with Crippen LogP contribution >= 0.6 is 0 Å². The maximum Gasteiger partial charge on any atom is 0.223 e. The number of amides is 1. The Bertz CT molecular complexity index is 512. The van der Waals surface area contributed by atoms with Crippen LogP contribution in [0.5, 0.6) is 0 Å². The van der Waals surface area contributed by atoms with Crippen molar-refractivity contribution in [1.82, 2.24) is 10.2 Å². The lowest BCUT2D eigenvalue weighted by Gasteiger charge is -2.37. The fourth-order valence-corrected chi connectivity index (χ4v) is 3.77. The normalized spacial score (nSPS) is 31.9. The summed E-state index contributed by atoms with van der Waals surface area (Å²) in [6.07, 6.45) is 8.06. The van der Waals surface area contributed by atoms with Crippen molar-refractivity contribution in [1.29, 1.82) is 0 Å². The number of furan rings is 1. The van der Waals surface area contributed by atoms with E-state index in [4.69, 9.17) is 9.15 Å². The van der Waals surface area contributed by atoms with Gasteiger partial charge in [0.2, 0.25) is 5.91 Å². The Morgan fingerprint density at radius 2 is 2.27 bits per heavy atom. The molecular weight excluding hydrogens is 280 g/mol. The third-order valence-corrected chi connectivity index (χ3v) is 5.25. The number of ether oxygens (including phenoxy) is 1. The standard InChI is InChI=1S/C17H24N2O3/c20-17(18-9-12-1-2-12)14-7-15-16(8-14)22-6-4-19(15)10-13-3-5-21-11-13/h3,5,11-12,14-16H,1-2,4,6-10H2,(H,18,20)/t14-,15+,16+/m0/s1. The van der Waals surface area contributed by atoms with Crippen LogP contribution < -0.4 is 5.32 Å². The Labute approximate surface area is 131 Å². The number of rotatable bonds is 5. The molecule has 2 heterocycles. The number of hydrogen-bond donors (Lipinski definition) is 1. The Hall–Kier alpha value is -1.33. The molecule has 1 aromatic heterocycles. The number of nitrogens with one attached hydrogen (secondary N) is 1. The zero-order valence-corrected chi connectivity index (χ0v) is 12.9. The van der Waals surface area contributed by atoms with Crippen molar-refractivity contribution < 1.29 is 13.9 Å². The predicted octanol–water partition coefficient (Wildman–Crippen LogP) is 1.79. The van der Waals surface area contributed by atoms with E-state index in [1.165, 1.54) is 18.4 Å². The molecule has 1 saturated heterocycles. The highest BCUT2D eigenvalue weighted by atomic mass is 16.5. The second-order valence-corrected chi connectivity index (χ2v) is 6.94. The van der Waals surface area contributed by atoms with Crippen molar-refractivity contribution in [3.63, 3.8) is 0 Å². The van der Waals surface area contributed by atoms with Crippen LogP contribution in [-0.2, 0) is 16.1 Å². The molecule has 3 fully saturated rings. The molecule has 1 amide bonds. The van der Waals surface area contributed by atoms with Gasteiger partial charge >= 0.3 is 0 Å². The summed E-state index contributed by atoms with van der Waals surface area (Å²) in [6, 6.07) is 2.37. The maximum atomic E-state index is 12.3. The van der Waals surface area contributed by atoms with E-state index in [9.17, 15) is 4.79 Å². The molecule has 5 heteroatoms. The summed E-state index contributed by atoms with van der Waals surface area (Å²) in [7, 11) is 0. The predicted molar refractivity (Wildman–Crippen MR) is 81.1 cm³/mol. The zero-order valence-electron chi connectivity index (χ0n) is 12.9. The average molecular weight is 304 g/mol. The summed E-state index contributed by atoms with van der Waals surface area (Å²) in [5, 5.41) is 3.13. The van der Waals surface area contributed by atoms with E-state index in [-0.39, 0.29) is 17.9 Å². The number of carbonyl (C=O) groups excluding carboxylic acids is 1. The van der Waals surface area contributed by atoms with Gasteiger partial charge in [-0.05, 0) is 37.7 Å². The maximum absolute atomic E-state index is 12.3. The summed E-state index contributed by atoms with van der Waals surface area (Å²) >= 11 is 0. The Kier molecular flexibility index (Phi) is 3.92. The van der Waals surface area contributed by atoms with Crippen LogP contribution in [0.2, 0.25) is 0 Å². The summed E-state index contributed by atoms with van der Waals surface area (Å²) in [5.41, 5.74) is 1.20. The van der Waals surface area contributed by atoms with Crippen molar-refractivity contribution in [2.75, 3.05) is 19.7 Å². The van der Waals surface area contributed by atoms with Gasteiger partial charge in [0.05, 0.1) is 25.2 Å². The molecule has 3 atom stereocenters. The highest BCUT2D eigenvalue weighted by Gasteiger charge is 2.43. The van der Waals surface area contributed by atoms with E-state index in [0.29, 0.717) is 6.04 Å². The Morgan fingerprint density at radius 3 is 3.05 bits per heavy atom. The molecule has 0 bridgehead atoms. The first-order valence-electron chi connectivity index (χ1n) is 8.44. The zero-order chi connectivity index (χ0) is 14.9. The first kappa shape index (κ1) is 14.3. The van der Waals surface area contributed by atoms with Crippen LogP contribution in [-0.4, -0.2) is 42.6 Å². The fraction of sp³-hybridized carbons (Fsp3) is 0.706. The quantitative estimate of drug-likeness (QED) is 0.901. The SMILES string of the molecule is O=C(NCC1CC1)[C@H]1C[C@@H]2[C@@H](C1)OCCN2Cc1ccoc1. The topological polar surface area (TPSA) is 54.7 Å². The molecule has 22 heavy (non-hydrogen) atoms. The molecule has 2 saturated carbocycles. The number of morpholine rings is 1. The minimum Gasteiger partial charge on any atom is -0.472 e. The molecule has 4 rings (SSSR count). The van der Waals surface area contributed by atoms with Gasteiger partial charge in [0.1, 0.15) is 0 Å². The summed E-state index contributed by atoms with van der Waals surface area (Å²) in [5.74, 6) is 1.08. The van der Waals surface area contributed by atoms with Crippen LogP contribution in [0, 0.1) is 11.8 Å². The van der Waals surface area contributed by atoms with Gasteiger partial charge in [-0.25, -0.2) is 0 Å². The first-order valence-corrected chi connectivity index (χ1v) is 8.44. The minimum absolute atomic E-state index is 0.110. The second-order valence-electron chi connectivity index (χ2n) is 6.94. The second kappa shape index (κ2) is 6.05. The smallest absolute Gasteiger partial charge is 0.223 e. The molecular formula is C17H24N2O3. The summed E-state index contributed by atoms with van der Waals surface area (Å²) in [4.78, 5) is 14.8. The molecule has 1 aliphatic heterocycles. The number of fused-ring (bicyclic) bond motifs is 1. The summed E-state index contributed by atoms with van der Waals surface area (Å²) in [6.45, 7) is 3.44. The molecule has 120 valence electrons. The third-order valence-electron chi connectivity index (χ3n) is 5.25. The molecule has 0 radical (unpaired) electrons. The molecule has 1 aromatic rings. The Balaban J connectivity index is 1.36. The van der Waals surface area contributed by atoms with Crippen molar-refractivity contribution in [2.24, 2.45) is 11.8 Å². The van der Waals surface area contributed by atoms with E-state index in [0.717, 1.165) is 45.0 Å². The van der Waals surface area contributed by atoms with Crippen molar-refractivity contribution in [2.45, 2.75) is 44.4 Å². The lowest BCUT2D eigenvalue weighted by atomic mass is 10.1. The minimum atomic E-state index is 0.110. The van der Waals surface area contributed by atoms with Crippen LogP contribution in [0.4, 0.5) is 0 Å². The van der Waals surface area contributed by atoms with Gasteiger partial charge in [0.25, 0.3) is 0 Å². The number of nitrogens with zero attached hydrogens (tertiary/aromatic N) is 1.